The second kappa shape index (κ2) is 6.35. The first-order chi connectivity index (χ1) is 9.47. The molecule has 20 heavy (non-hydrogen) atoms. The summed E-state index contributed by atoms with van der Waals surface area (Å²) in [6, 6.07) is 10.6. The predicted molar refractivity (Wildman–Crippen MR) is 80.4 cm³/mol. The lowest BCUT2D eigenvalue weighted by Crippen LogP contribution is -2.47. The average Bonchev–Trinajstić information content (AvgIpc) is 2.42. The van der Waals surface area contributed by atoms with Crippen LogP contribution in [0.25, 0.3) is 0 Å². The zero-order valence-corrected chi connectivity index (χ0v) is 12.4. The van der Waals surface area contributed by atoms with Crippen molar-refractivity contribution in [3.05, 3.63) is 46.0 Å². The molecule has 0 radical (unpaired) electrons. The van der Waals surface area contributed by atoms with Gasteiger partial charge in [-0.15, -0.1) is 0 Å². The van der Waals surface area contributed by atoms with Crippen molar-refractivity contribution in [3.63, 3.8) is 0 Å². The third-order valence-electron chi connectivity index (χ3n) is 4.18. The van der Waals surface area contributed by atoms with Gasteiger partial charge < -0.3 is 0 Å². The first-order valence-electron chi connectivity index (χ1n) is 7.38. The standard InChI is InChI=1S/C16H24N2O2/c1-16(2,18(19)20)13-17-10-8-15(9-11-17)12-14-6-4-3-5-7-14/h3-7,15H,8-13H2,1-2H3. The molecular weight excluding hydrogens is 252 g/mol. The molecule has 0 amide bonds. The van der Waals surface area contributed by atoms with Gasteiger partial charge in [-0.1, -0.05) is 30.3 Å². The van der Waals surface area contributed by atoms with Crippen molar-refractivity contribution < 1.29 is 4.92 Å². The second-order valence-electron chi connectivity index (χ2n) is 6.48. The average molecular weight is 276 g/mol. The molecule has 0 spiro atoms. The summed E-state index contributed by atoms with van der Waals surface area (Å²) in [4.78, 5) is 13.1. The molecule has 0 bridgehead atoms. The van der Waals surface area contributed by atoms with E-state index in [0.717, 1.165) is 32.4 Å². The lowest BCUT2D eigenvalue weighted by molar-refractivity contribution is -0.561. The van der Waals surface area contributed by atoms with Crippen LogP contribution in [-0.2, 0) is 6.42 Å². The molecule has 0 atom stereocenters. The Balaban J connectivity index is 1.79. The fraction of sp³-hybridized carbons (Fsp3) is 0.625. The second-order valence-corrected chi connectivity index (χ2v) is 6.48. The SMILES string of the molecule is CC(C)(CN1CCC(Cc2ccccc2)CC1)[N+](=O)[O-]. The molecule has 1 heterocycles. The van der Waals surface area contributed by atoms with Crippen molar-refractivity contribution in [2.45, 2.75) is 38.6 Å². The van der Waals surface area contributed by atoms with Gasteiger partial charge >= 0.3 is 0 Å². The maximum Gasteiger partial charge on any atom is 0.229 e. The van der Waals surface area contributed by atoms with Crippen LogP contribution in [0, 0.1) is 16.0 Å². The van der Waals surface area contributed by atoms with E-state index in [2.05, 4.69) is 29.2 Å². The lowest BCUT2D eigenvalue weighted by Gasteiger charge is -2.34. The van der Waals surface area contributed by atoms with Crippen LogP contribution in [0.2, 0.25) is 0 Å². The van der Waals surface area contributed by atoms with Crippen LogP contribution in [-0.4, -0.2) is 35.0 Å². The van der Waals surface area contributed by atoms with Gasteiger partial charge in [0, 0.05) is 18.8 Å². The van der Waals surface area contributed by atoms with E-state index in [1.807, 2.05) is 6.07 Å². The zero-order chi connectivity index (χ0) is 14.6. The molecule has 1 aliphatic rings. The maximum atomic E-state index is 11.0. The molecular formula is C16H24N2O2. The van der Waals surface area contributed by atoms with Crippen LogP contribution in [0.4, 0.5) is 0 Å². The number of likely N-dealkylation sites (tertiary alicyclic amines) is 1. The van der Waals surface area contributed by atoms with E-state index in [4.69, 9.17) is 0 Å². The number of hydrogen-bond donors (Lipinski definition) is 0. The van der Waals surface area contributed by atoms with Gasteiger partial charge in [0.05, 0.1) is 6.54 Å². The van der Waals surface area contributed by atoms with Crippen molar-refractivity contribution in [2.75, 3.05) is 19.6 Å². The number of rotatable bonds is 5. The highest BCUT2D eigenvalue weighted by Gasteiger charge is 2.34. The fourth-order valence-electron chi connectivity index (χ4n) is 2.90. The first kappa shape index (κ1) is 15.0. The summed E-state index contributed by atoms with van der Waals surface area (Å²) < 4.78 is 0. The number of nitro groups is 1. The monoisotopic (exact) mass is 276 g/mol. The minimum Gasteiger partial charge on any atom is -0.297 e. The summed E-state index contributed by atoms with van der Waals surface area (Å²) in [5, 5.41) is 11.0. The molecule has 1 aliphatic heterocycles. The van der Waals surface area contributed by atoms with Gasteiger partial charge in [-0.05, 0) is 43.8 Å². The Labute approximate surface area is 120 Å². The molecule has 0 aliphatic carbocycles. The van der Waals surface area contributed by atoms with E-state index in [1.165, 1.54) is 5.56 Å². The molecule has 1 aromatic carbocycles. The van der Waals surface area contributed by atoms with Crippen molar-refractivity contribution in [2.24, 2.45) is 5.92 Å². The van der Waals surface area contributed by atoms with Gasteiger partial charge in [-0.3, -0.25) is 15.0 Å². The van der Waals surface area contributed by atoms with E-state index in [9.17, 15) is 10.1 Å². The minimum absolute atomic E-state index is 0.164. The molecule has 1 fully saturated rings. The summed E-state index contributed by atoms with van der Waals surface area (Å²) in [5.74, 6) is 0.715. The van der Waals surface area contributed by atoms with E-state index < -0.39 is 5.54 Å². The van der Waals surface area contributed by atoms with Crippen LogP contribution in [0.15, 0.2) is 30.3 Å². The Morgan fingerprint density at radius 2 is 1.85 bits per heavy atom. The van der Waals surface area contributed by atoms with Gasteiger partial charge in [0.15, 0.2) is 0 Å². The van der Waals surface area contributed by atoms with E-state index in [1.54, 1.807) is 13.8 Å². The predicted octanol–water partition coefficient (Wildman–Crippen LogP) is 3.00. The number of nitrogens with zero attached hydrogens (tertiary/aromatic N) is 2. The van der Waals surface area contributed by atoms with E-state index >= 15 is 0 Å². The van der Waals surface area contributed by atoms with Crippen LogP contribution in [0.3, 0.4) is 0 Å². The quantitative estimate of drug-likeness (QED) is 0.613. The lowest BCUT2D eigenvalue weighted by atomic mass is 9.89. The summed E-state index contributed by atoms with van der Waals surface area (Å²) in [6.45, 7) is 5.94. The highest BCUT2D eigenvalue weighted by molar-refractivity contribution is 5.15. The van der Waals surface area contributed by atoms with Crippen molar-refractivity contribution in [3.8, 4) is 0 Å². The molecule has 1 saturated heterocycles. The smallest absolute Gasteiger partial charge is 0.229 e. The number of hydrogen-bond acceptors (Lipinski definition) is 3. The first-order valence-corrected chi connectivity index (χ1v) is 7.38. The normalized spacial score (nSPS) is 18.1. The van der Waals surface area contributed by atoms with Gasteiger partial charge in [0.2, 0.25) is 5.54 Å². The highest BCUT2D eigenvalue weighted by Crippen LogP contribution is 2.23. The van der Waals surface area contributed by atoms with E-state index in [0.29, 0.717) is 12.5 Å². The van der Waals surface area contributed by atoms with Gasteiger partial charge in [-0.25, -0.2) is 0 Å². The molecule has 2 rings (SSSR count). The Bertz CT molecular complexity index is 437. The Kier molecular flexibility index (Phi) is 4.76. The van der Waals surface area contributed by atoms with Crippen molar-refractivity contribution >= 4 is 0 Å². The molecule has 1 aromatic rings. The van der Waals surface area contributed by atoms with Crippen LogP contribution in [0.1, 0.15) is 32.3 Å². The van der Waals surface area contributed by atoms with Crippen LogP contribution < -0.4 is 0 Å². The zero-order valence-electron chi connectivity index (χ0n) is 12.4. The number of piperidine rings is 1. The molecule has 0 unspecified atom stereocenters. The third-order valence-corrected chi connectivity index (χ3v) is 4.18. The largest absolute Gasteiger partial charge is 0.297 e. The molecule has 0 aromatic heterocycles. The molecule has 0 N–H and O–H groups in total. The Hall–Kier alpha value is -1.42. The van der Waals surface area contributed by atoms with Crippen molar-refractivity contribution in [1.82, 2.24) is 4.90 Å². The van der Waals surface area contributed by atoms with Crippen molar-refractivity contribution in [1.29, 1.82) is 0 Å². The van der Waals surface area contributed by atoms with Gasteiger partial charge in [0.1, 0.15) is 0 Å². The molecule has 110 valence electrons. The summed E-state index contributed by atoms with van der Waals surface area (Å²) in [5.41, 5.74) is 0.559. The van der Waals surface area contributed by atoms with Crippen LogP contribution >= 0.6 is 0 Å². The van der Waals surface area contributed by atoms with E-state index in [-0.39, 0.29) is 4.92 Å². The van der Waals surface area contributed by atoms with Gasteiger partial charge in [-0.2, -0.15) is 0 Å². The topological polar surface area (TPSA) is 46.4 Å². The Morgan fingerprint density at radius 1 is 1.25 bits per heavy atom. The summed E-state index contributed by atoms with van der Waals surface area (Å²) >= 11 is 0. The molecule has 4 nitrogen and oxygen atoms in total. The van der Waals surface area contributed by atoms with Gasteiger partial charge in [0.25, 0.3) is 0 Å². The maximum absolute atomic E-state index is 11.0. The fourth-order valence-corrected chi connectivity index (χ4v) is 2.90. The molecule has 4 heteroatoms. The summed E-state index contributed by atoms with van der Waals surface area (Å²) in [6.07, 6.45) is 3.42. The third kappa shape index (κ3) is 4.04. The Morgan fingerprint density at radius 3 is 2.40 bits per heavy atom. The van der Waals surface area contributed by atoms with Crippen LogP contribution in [0.5, 0.6) is 0 Å². The highest BCUT2D eigenvalue weighted by atomic mass is 16.6. The molecule has 0 saturated carbocycles. The summed E-state index contributed by atoms with van der Waals surface area (Å²) in [7, 11) is 0. The minimum atomic E-state index is -0.841. The number of benzene rings is 1.